The highest BCUT2D eigenvalue weighted by molar-refractivity contribution is 5.94. The summed E-state index contributed by atoms with van der Waals surface area (Å²) in [5.74, 6) is -0.155. The zero-order chi connectivity index (χ0) is 16.5. The van der Waals surface area contributed by atoms with E-state index >= 15 is 0 Å². The van der Waals surface area contributed by atoms with Crippen LogP contribution in [-0.2, 0) is 16.0 Å². The lowest BCUT2D eigenvalue weighted by atomic mass is 10.1. The van der Waals surface area contributed by atoms with Crippen LogP contribution in [0.1, 0.15) is 31.4 Å². The molecule has 0 saturated carbocycles. The van der Waals surface area contributed by atoms with Crippen LogP contribution < -0.4 is 10.6 Å². The van der Waals surface area contributed by atoms with Gasteiger partial charge < -0.3 is 10.6 Å². The molecule has 5 heteroatoms. The Labute approximate surface area is 133 Å². The summed E-state index contributed by atoms with van der Waals surface area (Å²) in [7, 11) is 1.77. The Hall–Kier alpha value is -1.88. The third-order valence-corrected chi connectivity index (χ3v) is 3.40. The second kappa shape index (κ2) is 9.20. The predicted octanol–water partition coefficient (Wildman–Crippen LogP) is 1.95. The van der Waals surface area contributed by atoms with E-state index in [1.54, 1.807) is 11.9 Å². The fraction of sp³-hybridized carbons (Fsp3) is 0.529. The van der Waals surface area contributed by atoms with Gasteiger partial charge in [0, 0.05) is 12.2 Å². The normalized spacial score (nSPS) is 10.6. The fourth-order valence-corrected chi connectivity index (χ4v) is 2.25. The van der Waals surface area contributed by atoms with E-state index in [1.165, 1.54) is 0 Å². The highest BCUT2D eigenvalue weighted by Crippen LogP contribution is 2.20. The van der Waals surface area contributed by atoms with Crippen LogP contribution in [0.15, 0.2) is 18.2 Å². The summed E-state index contributed by atoms with van der Waals surface area (Å²) >= 11 is 0. The van der Waals surface area contributed by atoms with Crippen LogP contribution >= 0.6 is 0 Å². The van der Waals surface area contributed by atoms with Crippen molar-refractivity contribution in [1.82, 2.24) is 10.2 Å². The van der Waals surface area contributed by atoms with E-state index < -0.39 is 0 Å². The number of nitrogens with zero attached hydrogens (tertiary/aromatic N) is 1. The van der Waals surface area contributed by atoms with E-state index in [4.69, 9.17) is 0 Å². The molecule has 0 aromatic heterocycles. The van der Waals surface area contributed by atoms with Crippen molar-refractivity contribution in [3.05, 3.63) is 29.3 Å². The summed E-state index contributed by atoms with van der Waals surface area (Å²) in [5, 5.41) is 5.77. The number of carbonyl (C=O) groups excluding carboxylic acids is 2. The molecule has 1 rings (SSSR count). The molecule has 1 aromatic rings. The summed E-state index contributed by atoms with van der Waals surface area (Å²) in [6, 6.07) is 6.00. The molecule has 5 nitrogen and oxygen atoms in total. The van der Waals surface area contributed by atoms with Crippen LogP contribution in [0.4, 0.5) is 5.69 Å². The highest BCUT2D eigenvalue weighted by Gasteiger charge is 2.12. The molecule has 0 spiro atoms. The van der Waals surface area contributed by atoms with E-state index in [0.29, 0.717) is 6.54 Å². The van der Waals surface area contributed by atoms with Gasteiger partial charge in [-0.3, -0.25) is 14.5 Å². The van der Waals surface area contributed by atoms with E-state index in [9.17, 15) is 9.59 Å². The van der Waals surface area contributed by atoms with Crippen LogP contribution in [0.3, 0.4) is 0 Å². The first-order valence-electron chi connectivity index (χ1n) is 7.81. The third kappa shape index (κ3) is 5.85. The molecule has 0 radical (unpaired) electrons. The Balaban J connectivity index is 2.54. The molecule has 0 heterocycles. The van der Waals surface area contributed by atoms with Crippen molar-refractivity contribution in [2.75, 3.05) is 32.0 Å². The first-order chi connectivity index (χ1) is 10.5. The number of aryl methyl sites for hydroxylation is 2. The number of benzene rings is 1. The van der Waals surface area contributed by atoms with Crippen LogP contribution in [-0.4, -0.2) is 43.4 Å². The lowest BCUT2D eigenvalue weighted by Crippen LogP contribution is -2.39. The number of amides is 2. The Kier molecular flexibility index (Phi) is 7.60. The molecule has 0 aliphatic rings. The number of rotatable bonds is 8. The van der Waals surface area contributed by atoms with E-state index in [0.717, 1.165) is 29.7 Å². The molecule has 1 aromatic carbocycles. The maximum absolute atomic E-state index is 12.2. The summed E-state index contributed by atoms with van der Waals surface area (Å²) < 4.78 is 0. The number of hydrogen-bond acceptors (Lipinski definition) is 3. The van der Waals surface area contributed by atoms with Crippen molar-refractivity contribution in [2.24, 2.45) is 0 Å². The van der Waals surface area contributed by atoms with Gasteiger partial charge in [-0.2, -0.15) is 0 Å². The zero-order valence-corrected chi connectivity index (χ0v) is 14.0. The van der Waals surface area contributed by atoms with Gasteiger partial charge in [-0.25, -0.2) is 0 Å². The number of nitrogens with one attached hydrogen (secondary N) is 2. The number of para-hydroxylation sites is 1. The Morgan fingerprint density at radius 1 is 1.14 bits per heavy atom. The lowest BCUT2D eigenvalue weighted by molar-refractivity contribution is -0.122. The van der Waals surface area contributed by atoms with Gasteiger partial charge in [-0.05, 0) is 37.9 Å². The molecule has 0 bridgehead atoms. The lowest BCUT2D eigenvalue weighted by Gasteiger charge is -2.18. The highest BCUT2D eigenvalue weighted by atomic mass is 16.2. The molecule has 2 amide bonds. The van der Waals surface area contributed by atoms with Gasteiger partial charge in [0.1, 0.15) is 0 Å². The number of anilines is 1. The third-order valence-electron chi connectivity index (χ3n) is 3.40. The van der Waals surface area contributed by atoms with Gasteiger partial charge in [-0.15, -0.1) is 0 Å². The SMILES string of the molecule is CCCNC(=O)CN(C)CC(=O)Nc1c(C)cccc1CC. The minimum atomic E-state index is -0.102. The van der Waals surface area contributed by atoms with E-state index in [2.05, 4.69) is 17.6 Å². The van der Waals surface area contributed by atoms with Crippen LogP contribution in [0.25, 0.3) is 0 Å². The average molecular weight is 305 g/mol. The smallest absolute Gasteiger partial charge is 0.238 e. The first-order valence-corrected chi connectivity index (χ1v) is 7.81. The second-order valence-electron chi connectivity index (χ2n) is 5.53. The molecular formula is C17H27N3O2. The minimum Gasteiger partial charge on any atom is -0.355 e. The molecule has 0 fully saturated rings. The van der Waals surface area contributed by atoms with Crippen molar-refractivity contribution >= 4 is 17.5 Å². The topological polar surface area (TPSA) is 61.4 Å². The van der Waals surface area contributed by atoms with Gasteiger partial charge in [0.25, 0.3) is 0 Å². The standard InChI is InChI=1S/C17H27N3O2/c1-5-10-18-15(21)11-20(4)12-16(22)19-17-13(3)8-7-9-14(17)6-2/h7-9H,5-6,10-12H2,1-4H3,(H,18,21)(H,19,22). The second-order valence-corrected chi connectivity index (χ2v) is 5.53. The largest absolute Gasteiger partial charge is 0.355 e. The predicted molar refractivity (Wildman–Crippen MR) is 90.0 cm³/mol. The molecule has 2 N–H and O–H groups in total. The summed E-state index contributed by atoms with van der Waals surface area (Å²) in [4.78, 5) is 25.5. The Morgan fingerprint density at radius 3 is 2.45 bits per heavy atom. The molecule has 0 aliphatic carbocycles. The van der Waals surface area contributed by atoms with Crippen molar-refractivity contribution in [3.8, 4) is 0 Å². The summed E-state index contributed by atoms with van der Waals surface area (Å²) in [6.45, 7) is 7.14. The molecule has 0 saturated heterocycles. The minimum absolute atomic E-state index is 0.0534. The fourth-order valence-electron chi connectivity index (χ4n) is 2.25. The van der Waals surface area contributed by atoms with Crippen molar-refractivity contribution < 1.29 is 9.59 Å². The molecular weight excluding hydrogens is 278 g/mol. The number of carbonyl (C=O) groups is 2. The Morgan fingerprint density at radius 2 is 1.82 bits per heavy atom. The molecule has 0 aliphatic heterocycles. The van der Waals surface area contributed by atoms with Gasteiger partial charge in [0.15, 0.2) is 0 Å². The van der Waals surface area contributed by atoms with Gasteiger partial charge in [-0.1, -0.05) is 32.0 Å². The molecule has 22 heavy (non-hydrogen) atoms. The van der Waals surface area contributed by atoms with Crippen molar-refractivity contribution in [1.29, 1.82) is 0 Å². The molecule has 0 atom stereocenters. The van der Waals surface area contributed by atoms with Gasteiger partial charge in [0.05, 0.1) is 13.1 Å². The van der Waals surface area contributed by atoms with Crippen LogP contribution in [0.2, 0.25) is 0 Å². The molecule has 0 unspecified atom stereocenters. The van der Waals surface area contributed by atoms with Crippen LogP contribution in [0, 0.1) is 6.92 Å². The van der Waals surface area contributed by atoms with E-state index in [-0.39, 0.29) is 24.9 Å². The van der Waals surface area contributed by atoms with Crippen molar-refractivity contribution in [2.45, 2.75) is 33.6 Å². The molecule has 122 valence electrons. The van der Waals surface area contributed by atoms with Gasteiger partial charge >= 0.3 is 0 Å². The monoisotopic (exact) mass is 305 g/mol. The number of likely N-dealkylation sites (N-methyl/N-ethyl adjacent to an activating group) is 1. The maximum atomic E-state index is 12.2. The van der Waals surface area contributed by atoms with Crippen LogP contribution in [0.5, 0.6) is 0 Å². The van der Waals surface area contributed by atoms with Gasteiger partial charge in [0.2, 0.25) is 11.8 Å². The Bertz CT molecular complexity index is 515. The average Bonchev–Trinajstić information content (AvgIpc) is 2.46. The maximum Gasteiger partial charge on any atom is 0.238 e. The zero-order valence-electron chi connectivity index (χ0n) is 14.0. The first kappa shape index (κ1) is 18.2. The quantitative estimate of drug-likeness (QED) is 0.772. The summed E-state index contributed by atoms with van der Waals surface area (Å²) in [6.07, 6.45) is 1.77. The van der Waals surface area contributed by atoms with Crippen molar-refractivity contribution in [3.63, 3.8) is 0 Å². The van der Waals surface area contributed by atoms with E-state index in [1.807, 2.05) is 32.0 Å². The summed E-state index contributed by atoms with van der Waals surface area (Å²) in [5.41, 5.74) is 3.06. The number of hydrogen-bond donors (Lipinski definition) is 2.